The molecular weight excluding hydrogens is 464 g/mol. The average Bonchev–Trinajstić information content (AvgIpc) is 3.30. The van der Waals surface area contributed by atoms with Gasteiger partial charge in [0.15, 0.2) is 5.65 Å². The molecule has 0 saturated heterocycles. The minimum Gasteiger partial charge on any atom is -0.494 e. The van der Waals surface area contributed by atoms with Gasteiger partial charge < -0.3 is 10.1 Å². The Morgan fingerprint density at radius 1 is 1.14 bits per heavy atom. The van der Waals surface area contributed by atoms with Crippen LogP contribution in [0.2, 0.25) is 0 Å². The van der Waals surface area contributed by atoms with Crippen molar-refractivity contribution in [3.8, 4) is 5.75 Å². The van der Waals surface area contributed by atoms with Gasteiger partial charge in [-0.05, 0) is 36.2 Å². The van der Waals surface area contributed by atoms with Crippen LogP contribution in [-0.2, 0) is 13.1 Å². The number of nitro benzene ring substituents is 1. The Morgan fingerprint density at radius 3 is 2.58 bits per heavy atom. The van der Waals surface area contributed by atoms with Crippen molar-refractivity contribution in [2.24, 2.45) is 0 Å². The van der Waals surface area contributed by atoms with Crippen molar-refractivity contribution >= 4 is 22.6 Å². The Hall–Kier alpha value is -4.54. The lowest BCUT2D eigenvalue weighted by atomic mass is 10.2. The average molecular weight is 491 g/mol. The topological polar surface area (TPSA) is 134 Å². The van der Waals surface area contributed by atoms with E-state index < -0.39 is 4.92 Å². The van der Waals surface area contributed by atoms with Crippen molar-refractivity contribution in [3.05, 3.63) is 92.7 Å². The summed E-state index contributed by atoms with van der Waals surface area (Å²) in [6.45, 7) is 3.61. The summed E-state index contributed by atoms with van der Waals surface area (Å²) in [5.41, 5.74) is 1.40. The van der Waals surface area contributed by atoms with Crippen LogP contribution in [0.25, 0.3) is 11.0 Å². The van der Waals surface area contributed by atoms with Crippen LogP contribution < -0.4 is 15.6 Å². The summed E-state index contributed by atoms with van der Waals surface area (Å²) < 4.78 is 8.61. The number of fused-ring (bicyclic) bond motifs is 1. The standard InChI is InChI=1S/C25H26N6O5/c1-2-3-14-36-21-10-6-19(7-11-21)24(32)26-12-13-30-23-22(15-28-30)25(33)29(17-27-23)16-18-4-8-20(9-5-18)31(34)35/h4-11,15,17H,2-3,12-14,16H2,1H3,(H,26,32). The van der Waals surface area contributed by atoms with E-state index in [4.69, 9.17) is 4.74 Å². The van der Waals surface area contributed by atoms with E-state index in [1.165, 1.54) is 29.2 Å². The van der Waals surface area contributed by atoms with E-state index in [0.717, 1.165) is 24.2 Å². The molecule has 0 aliphatic carbocycles. The molecule has 0 unspecified atom stereocenters. The highest BCUT2D eigenvalue weighted by molar-refractivity contribution is 5.94. The SMILES string of the molecule is CCCCOc1ccc(C(=O)NCCn2ncc3c(=O)n(Cc4ccc([N+](=O)[O-])cc4)cnc32)cc1. The van der Waals surface area contributed by atoms with E-state index in [2.05, 4.69) is 22.3 Å². The monoisotopic (exact) mass is 490 g/mol. The number of rotatable bonds is 11. The van der Waals surface area contributed by atoms with Crippen LogP contribution in [0.4, 0.5) is 5.69 Å². The number of amides is 1. The molecule has 0 aliphatic heterocycles. The van der Waals surface area contributed by atoms with E-state index >= 15 is 0 Å². The third-order valence-electron chi connectivity index (χ3n) is 5.61. The molecule has 1 amide bonds. The van der Waals surface area contributed by atoms with Gasteiger partial charge in [0.05, 0.1) is 30.8 Å². The number of hydrogen-bond acceptors (Lipinski definition) is 7. The second-order valence-corrected chi connectivity index (χ2v) is 8.19. The third-order valence-corrected chi connectivity index (χ3v) is 5.61. The first-order chi connectivity index (χ1) is 17.5. The molecule has 0 atom stereocenters. The largest absolute Gasteiger partial charge is 0.494 e. The van der Waals surface area contributed by atoms with E-state index in [-0.39, 0.29) is 23.7 Å². The van der Waals surface area contributed by atoms with Crippen LogP contribution in [0.1, 0.15) is 35.7 Å². The molecule has 4 rings (SSSR count). The van der Waals surface area contributed by atoms with Crippen LogP contribution in [0.3, 0.4) is 0 Å². The maximum atomic E-state index is 12.9. The van der Waals surface area contributed by atoms with Crippen molar-refractivity contribution in [1.29, 1.82) is 0 Å². The summed E-state index contributed by atoms with van der Waals surface area (Å²) in [6.07, 6.45) is 4.91. The Morgan fingerprint density at radius 2 is 1.89 bits per heavy atom. The predicted octanol–water partition coefficient (Wildman–Crippen LogP) is 3.16. The van der Waals surface area contributed by atoms with Gasteiger partial charge in [0.25, 0.3) is 17.2 Å². The molecule has 36 heavy (non-hydrogen) atoms. The highest BCUT2D eigenvalue weighted by Crippen LogP contribution is 2.14. The fraction of sp³-hybridized carbons (Fsp3) is 0.280. The Bertz CT molecular complexity index is 1410. The van der Waals surface area contributed by atoms with Gasteiger partial charge in [-0.2, -0.15) is 5.10 Å². The molecule has 4 aromatic rings. The number of ether oxygens (including phenoxy) is 1. The lowest BCUT2D eigenvalue weighted by molar-refractivity contribution is -0.384. The van der Waals surface area contributed by atoms with Gasteiger partial charge in [-0.15, -0.1) is 0 Å². The number of carbonyl (C=O) groups excluding carboxylic acids is 1. The van der Waals surface area contributed by atoms with Crippen LogP contribution in [0, 0.1) is 10.1 Å². The number of benzene rings is 2. The zero-order valence-corrected chi connectivity index (χ0v) is 19.8. The van der Waals surface area contributed by atoms with Gasteiger partial charge in [-0.25, -0.2) is 9.67 Å². The minimum absolute atomic E-state index is 0.0125. The molecule has 0 bridgehead atoms. The summed E-state index contributed by atoms with van der Waals surface area (Å²) in [7, 11) is 0. The molecule has 11 heteroatoms. The van der Waals surface area contributed by atoms with Gasteiger partial charge in [-0.1, -0.05) is 25.5 Å². The van der Waals surface area contributed by atoms with E-state index in [0.29, 0.717) is 36.3 Å². The number of hydrogen-bond donors (Lipinski definition) is 1. The summed E-state index contributed by atoms with van der Waals surface area (Å²) in [5, 5.41) is 18.3. The van der Waals surface area contributed by atoms with Crippen molar-refractivity contribution in [2.75, 3.05) is 13.2 Å². The molecule has 2 heterocycles. The van der Waals surface area contributed by atoms with Crippen molar-refractivity contribution in [3.63, 3.8) is 0 Å². The first-order valence-corrected chi connectivity index (χ1v) is 11.6. The zero-order valence-electron chi connectivity index (χ0n) is 19.8. The molecule has 0 spiro atoms. The Balaban J connectivity index is 1.35. The number of nitro groups is 1. The molecule has 2 aromatic heterocycles. The Labute approximate surface area is 206 Å². The van der Waals surface area contributed by atoms with Gasteiger partial charge in [0.2, 0.25) is 0 Å². The van der Waals surface area contributed by atoms with Gasteiger partial charge in [0, 0.05) is 24.2 Å². The van der Waals surface area contributed by atoms with Crippen molar-refractivity contribution < 1.29 is 14.5 Å². The molecule has 11 nitrogen and oxygen atoms in total. The van der Waals surface area contributed by atoms with Crippen LogP contribution in [-0.4, -0.2) is 43.3 Å². The highest BCUT2D eigenvalue weighted by atomic mass is 16.6. The van der Waals surface area contributed by atoms with Gasteiger partial charge in [-0.3, -0.25) is 24.3 Å². The van der Waals surface area contributed by atoms with E-state index in [9.17, 15) is 19.7 Å². The van der Waals surface area contributed by atoms with Crippen molar-refractivity contribution in [1.82, 2.24) is 24.6 Å². The molecule has 0 fully saturated rings. The summed E-state index contributed by atoms with van der Waals surface area (Å²) in [4.78, 5) is 40.0. The van der Waals surface area contributed by atoms with E-state index in [1.807, 2.05) is 0 Å². The van der Waals surface area contributed by atoms with Crippen LogP contribution in [0.5, 0.6) is 5.75 Å². The normalized spacial score (nSPS) is 10.9. The maximum absolute atomic E-state index is 12.9. The summed E-state index contributed by atoms with van der Waals surface area (Å²) in [6, 6.07) is 13.0. The number of nitrogens with zero attached hydrogens (tertiary/aromatic N) is 5. The molecule has 2 aromatic carbocycles. The lowest BCUT2D eigenvalue weighted by Gasteiger charge is -2.09. The summed E-state index contributed by atoms with van der Waals surface area (Å²) in [5.74, 6) is 0.512. The highest BCUT2D eigenvalue weighted by Gasteiger charge is 2.12. The molecule has 0 radical (unpaired) electrons. The number of carbonyl (C=O) groups is 1. The fourth-order valence-corrected chi connectivity index (χ4v) is 3.61. The first kappa shape index (κ1) is 24.6. The smallest absolute Gasteiger partial charge is 0.269 e. The number of nitrogens with one attached hydrogen (secondary N) is 1. The second kappa shape index (κ2) is 11.3. The molecule has 186 valence electrons. The Kier molecular flexibility index (Phi) is 7.69. The van der Waals surface area contributed by atoms with Gasteiger partial charge >= 0.3 is 0 Å². The molecule has 0 saturated carbocycles. The van der Waals surface area contributed by atoms with Gasteiger partial charge in [0.1, 0.15) is 17.5 Å². The van der Waals surface area contributed by atoms with Crippen molar-refractivity contribution in [2.45, 2.75) is 32.9 Å². The number of unbranched alkanes of at least 4 members (excludes halogenated alkanes) is 1. The van der Waals surface area contributed by atoms with E-state index in [1.54, 1.807) is 41.1 Å². The minimum atomic E-state index is -0.472. The third kappa shape index (κ3) is 5.74. The quantitative estimate of drug-likeness (QED) is 0.194. The maximum Gasteiger partial charge on any atom is 0.269 e. The summed E-state index contributed by atoms with van der Waals surface area (Å²) >= 11 is 0. The lowest BCUT2D eigenvalue weighted by Crippen LogP contribution is -2.27. The first-order valence-electron chi connectivity index (χ1n) is 11.6. The second-order valence-electron chi connectivity index (χ2n) is 8.19. The molecule has 1 N–H and O–H groups in total. The molecular formula is C25H26N6O5. The number of aromatic nitrogens is 4. The van der Waals surface area contributed by atoms with Crippen LogP contribution in [0.15, 0.2) is 65.8 Å². The predicted molar refractivity (Wildman–Crippen MR) is 133 cm³/mol. The zero-order chi connectivity index (χ0) is 25.5. The number of non-ortho nitro benzene ring substituents is 1. The molecule has 0 aliphatic rings. The fourth-order valence-electron chi connectivity index (χ4n) is 3.61. The van der Waals surface area contributed by atoms with Crippen LogP contribution >= 0.6 is 0 Å².